The summed E-state index contributed by atoms with van der Waals surface area (Å²) in [6, 6.07) is 0.521. The van der Waals surface area contributed by atoms with Gasteiger partial charge in [-0.15, -0.1) is 11.3 Å². The topological polar surface area (TPSA) is 37.4 Å². The monoisotopic (exact) mass is 313 g/mol. The number of ether oxygens (including phenoxy) is 1. The Morgan fingerprint density at radius 1 is 1.29 bits per heavy atom. The van der Waals surface area contributed by atoms with E-state index in [0.29, 0.717) is 18.6 Å². The summed E-state index contributed by atoms with van der Waals surface area (Å²) in [5.74, 6) is 0.663. The Morgan fingerprint density at radius 3 is 2.52 bits per heavy atom. The number of anilines is 1. The van der Waals surface area contributed by atoms with Crippen molar-refractivity contribution < 1.29 is 4.74 Å². The van der Waals surface area contributed by atoms with Gasteiger partial charge in [0.1, 0.15) is 0 Å². The first-order chi connectivity index (χ1) is 10.0. The molecule has 0 aliphatic carbocycles. The second kappa shape index (κ2) is 9.38. The molecule has 0 bridgehead atoms. The molecule has 0 aliphatic heterocycles. The lowest BCUT2D eigenvalue weighted by atomic mass is 10.2. The van der Waals surface area contributed by atoms with Gasteiger partial charge in [-0.2, -0.15) is 0 Å². The molecular weight excluding hydrogens is 282 g/mol. The van der Waals surface area contributed by atoms with Gasteiger partial charge < -0.3 is 15.0 Å². The zero-order valence-electron chi connectivity index (χ0n) is 14.4. The number of hydrogen-bond acceptors (Lipinski definition) is 5. The van der Waals surface area contributed by atoms with Gasteiger partial charge in [-0.25, -0.2) is 4.98 Å². The highest BCUT2D eigenvalue weighted by atomic mass is 32.1. The molecule has 4 nitrogen and oxygen atoms in total. The number of rotatable bonds is 10. The van der Waals surface area contributed by atoms with E-state index in [9.17, 15) is 0 Å². The van der Waals surface area contributed by atoms with Gasteiger partial charge in [0.25, 0.3) is 0 Å². The Labute approximate surface area is 133 Å². The molecule has 0 spiro atoms. The fraction of sp³-hybridized carbons (Fsp3) is 0.812. The first kappa shape index (κ1) is 18.4. The lowest BCUT2D eigenvalue weighted by Gasteiger charge is -2.26. The van der Waals surface area contributed by atoms with E-state index in [1.807, 2.05) is 0 Å². The van der Waals surface area contributed by atoms with Gasteiger partial charge in [-0.05, 0) is 32.7 Å². The van der Waals surface area contributed by atoms with Gasteiger partial charge in [0, 0.05) is 31.1 Å². The first-order valence-corrected chi connectivity index (χ1v) is 8.79. The molecule has 1 N–H and O–H groups in total. The van der Waals surface area contributed by atoms with Crippen molar-refractivity contribution in [2.24, 2.45) is 5.92 Å². The summed E-state index contributed by atoms with van der Waals surface area (Å²) in [4.78, 5) is 8.50. The molecule has 1 rings (SSSR count). The smallest absolute Gasteiger partial charge is 0.186 e. The maximum absolute atomic E-state index is 5.31. The van der Waals surface area contributed by atoms with Crippen LogP contribution in [0.1, 0.15) is 51.6 Å². The molecule has 1 aromatic rings. The summed E-state index contributed by atoms with van der Waals surface area (Å²) in [5, 5.41) is 4.63. The molecule has 1 atom stereocenters. The van der Waals surface area contributed by atoms with Crippen LogP contribution < -0.4 is 10.2 Å². The fourth-order valence-electron chi connectivity index (χ4n) is 2.21. The Morgan fingerprint density at radius 2 is 2.00 bits per heavy atom. The molecule has 1 heterocycles. The summed E-state index contributed by atoms with van der Waals surface area (Å²) in [5.41, 5.74) is 1.08. The molecule has 122 valence electrons. The van der Waals surface area contributed by atoms with E-state index < -0.39 is 0 Å². The second-order valence-corrected chi connectivity index (χ2v) is 6.93. The molecule has 21 heavy (non-hydrogen) atoms. The number of methoxy groups -OCH3 is 1. The predicted octanol–water partition coefficient (Wildman–Crippen LogP) is 3.66. The van der Waals surface area contributed by atoms with E-state index in [2.05, 4.69) is 44.8 Å². The van der Waals surface area contributed by atoms with Gasteiger partial charge in [-0.1, -0.05) is 20.8 Å². The van der Waals surface area contributed by atoms with Crippen LogP contribution in [-0.4, -0.2) is 31.2 Å². The normalized spacial score (nSPS) is 12.9. The Kier molecular flexibility index (Phi) is 8.22. The molecule has 1 aromatic heterocycles. The van der Waals surface area contributed by atoms with Gasteiger partial charge in [-0.3, -0.25) is 0 Å². The third kappa shape index (κ3) is 5.57. The maximum Gasteiger partial charge on any atom is 0.186 e. The summed E-state index contributed by atoms with van der Waals surface area (Å²) in [7, 11) is 1.73. The van der Waals surface area contributed by atoms with Gasteiger partial charge in [0.05, 0.1) is 12.3 Å². The van der Waals surface area contributed by atoms with Crippen LogP contribution in [0.25, 0.3) is 0 Å². The van der Waals surface area contributed by atoms with Crippen molar-refractivity contribution in [1.82, 2.24) is 10.3 Å². The van der Waals surface area contributed by atoms with Crippen molar-refractivity contribution in [2.75, 3.05) is 25.1 Å². The minimum Gasteiger partial charge on any atom is -0.378 e. The Balaban J connectivity index is 2.86. The van der Waals surface area contributed by atoms with Crippen molar-refractivity contribution in [3.05, 3.63) is 10.6 Å². The molecule has 5 heteroatoms. The quantitative estimate of drug-likeness (QED) is 0.715. The van der Waals surface area contributed by atoms with E-state index in [4.69, 9.17) is 9.72 Å². The molecule has 0 fully saturated rings. The zero-order chi connectivity index (χ0) is 15.8. The van der Waals surface area contributed by atoms with E-state index in [-0.39, 0.29) is 0 Å². The average Bonchev–Trinajstić information content (AvgIpc) is 2.82. The van der Waals surface area contributed by atoms with Crippen molar-refractivity contribution in [3.63, 3.8) is 0 Å². The highest BCUT2D eigenvalue weighted by Gasteiger charge is 2.18. The molecule has 0 saturated carbocycles. The molecule has 0 saturated heterocycles. The van der Waals surface area contributed by atoms with Crippen LogP contribution in [0.15, 0.2) is 0 Å². The molecule has 0 aliphatic rings. The van der Waals surface area contributed by atoms with E-state index in [0.717, 1.165) is 36.9 Å². The third-order valence-corrected chi connectivity index (χ3v) is 4.73. The lowest BCUT2D eigenvalue weighted by Crippen LogP contribution is -2.32. The number of hydrogen-bond donors (Lipinski definition) is 1. The molecule has 0 aromatic carbocycles. The highest BCUT2D eigenvalue weighted by molar-refractivity contribution is 7.15. The molecule has 0 amide bonds. The summed E-state index contributed by atoms with van der Waals surface area (Å²) in [6.07, 6.45) is 1.13. The number of thiazole rings is 1. The summed E-state index contributed by atoms with van der Waals surface area (Å²) in [6.45, 7) is 14.6. The first-order valence-electron chi connectivity index (χ1n) is 7.98. The predicted molar refractivity (Wildman–Crippen MR) is 92.1 cm³/mol. The maximum atomic E-state index is 5.31. The summed E-state index contributed by atoms with van der Waals surface area (Å²) < 4.78 is 5.31. The fourth-order valence-corrected chi connectivity index (χ4v) is 3.41. The minimum atomic E-state index is 0.521. The number of nitrogens with one attached hydrogen (secondary N) is 1. The van der Waals surface area contributed by atoms with Crippen molar-refractivity contribution >= 4 is 16.5 Å². The van der Waals surface area contributed by atoms with Crippen LogP contribution in [0.2, 0.25) is 0 Å². The molecule has 1 unspecified atom stereocenters. The lowest BCUT2D eigenvalue weighted by molar-refractivity contribution is 0.181. The van der Waals surface area contributed by atoms with E-state index in [1.165, 1.54) is 4.88 Å². The second-order valence-electron chi connectivity index (χ2n) is 5.87. The van der Waals surface area contributed by atoms with Crippen LogP contribution >= 0.6 is 11.3 Å². The Bertz CT molecular complexity index is 406. The van der Waals surface area contributed by atoms with Crippen molar-refractivity contribution in [2.45, 2.75) is 60.2 Å². The van der Waals surface area contributed by atoms with Crippen molar-refractivity contribution in [1.29, 1.82) is 0 Å². The van der Waals surface area contributed by atoms with Crippen LogP contribution in [-0.2, 0) is 17.9 Å². The summed E-state index contributed by atoms with van der Waals surface area (Å²) >= 11 is 1.80. The SMILES string of the molecule is CCC(C)N(CC)c1nc(COC)c(CNCC(C)C)s1. The van der Waals surface area contributed by atoms with E-state index >= 15 is 0 Å². The minimum absolute atomic E-state index is 0.521. The van der Waals surface area contributed by atoms with Gasteiger partial charge in [0.15, 0.2) is 5.13 Å². The van der Waals surface area contributed by atoms with Crippen molar-refractivity contribution in [3.8, 4) is 0 Å². The highest BCUT2D eigenvalue weighted by Crippen LogP contribution is 2.28. The van der Waals surface area contributed by atoms with Gasteiger partial charge >= 0.3 is 0 Å². The zero-order valence-corrected chi connectivity index (χ0v) is 15.2. The number of aromatic nitrogens is 1. The Hall–Kier alpha value is -0.650. The van der Waals surface area contributed by atoms with Crippen LogP contribution in [0.4, 0.5) is 5.13 Å². The average molecular weight is 314 g/mol. The molecular formula is C16H31N3OS. The molecule has 0 radical (unpaired) electrons. The van der Waals surface area contributed by atoms with E-state index in [1.54, 1.807) is 18.4 Å². The van der Waals surface area contributed by atoms with Gasteiger partial charge in [0.2, 0.25) is 0 Å². The van der Waals surface area contributed by atoms with Crippen LogP contribution in [0.5, 0.6) is 0 Å². The third-order valence-electron chi connectivity index (χ3n) is 3.60. The number of nitrogens with zero attached hydrogens (tertiary/aromatic N) is 2. The standard InChI is InChI=1S/C16H31N3OS/c1-7-13(5)19(8-2)16-18-14(11-20-6)15(21-16)10-17-9-12(3)4/h12-13,17H,7-11H2,1-6H3. The van der Waals surface area contributed by atoms with Crippen LogP contribution in [0, 0.1) is 5.92 Å². The van der Waals surface area contributed by atoms with Crippen LogP contribution in [0.3, 0.4) is 0 Å². The largest absolute Gasteiger partial charge is 0.378 e.